The quantitative estimate of drug-likeness (QED) is 0.0322. The molecule has 0 aliphatic carbocycles. The number of fused-ring (bicyclic) bond motifs is 3. The number of pyridine rings is 2. The number of anilines is 1. The van der Waals surface area contributed by atoms with Crippen LogP contribution in [0.5, 0.6) is 5.75 Å². The molecular weight excluding hydrogens is 598 g/mol. The molecule has 0 radical (unpaired) electrons. The van der Waals surface area contributed by atoms with Crippen LogP contribution < -0.4 is 15.4 Å². The number of nitrogens with zero attached hydrogens (tertiary/aromatic N) is 4. The van der Waals surface area contributed by atoms with Gasteiger partial charge in [-0.1, -0.05) is 56.0 Å². The highest BCUT2D eigenvalue weighted by atomic mass is 35.5. The van der Waals surface area contributed by atoms with Crippen molar-refractivity contribution in [2.75, 3.05) is 18.4 Å². The Balaban J connectivity index is 1.26. The summed E-state index contributed by atoms with van der Waals surface area (Å²) in [6.07, 6.45) is 4.08. The molecule has 0 amide bonds. The summed E-state index contributed by atoms with van der Waals surface area (Å²) in [5.41, 5.74) is 9.67. The summed E-state index contributed by atoms with van der Waals surface area (Å²) in [7, 11) is 2.24. The monoisotopic (exact) mass is 631 g/mol. The molecule has 2 unspecified atom stereocenters. The van der Waals surface area contributed by atoms with Crippen LogP contribution in [0.1, 0.15) is 50.2 Å². The molecule has 0 spiro atoms. The number of alkyl halides is 3. The van der Waals surface area contributed by atoms with Gasteiger partial charge in [-0.3, -0.25) is 4.98 Å². The number of benzene rings is 2. The van der Waals surface area contributed by atoms with Gasteiger partial charge in [0.25, 0.3) is 0 Å². The predicted octanol–water partition coefficient (Wildman–Crippen LogP) is 8.69. The molecule has 3 N–H and O–H groups in total. The van der Waals surface area contributed by atoms with E-state index in [0.717, 1.165) is 83.8 Å². The second-order valence-electron chi connectivity index (χ2n) is 10.2. The number of amidine groups is 1. The summed E-state index contributed by atoms with van der Waals surface area (Å²) in [4.78, 5) is 9.23. The Bertz CT molecular complexity index is 1590. The molecule has 2 heterocycles. The molecule has 0 saturated carbocycles. The number of hydrogen-bond acceptors (Lipinski definition) is 7. The van der Waals surface area contributed by atoms with E-state index in [1.807, 2.05) is 30.5 Å². The summed E-state index contributed by atoms with van der Waals surface area (Å²) >= 11 is 5.93. The number of rotatable bonds is 14. The third kappa shape index (κ3) is 9.05. The smallest absolute Gasteiger partial charge is 0.404 e. The minimum atomic E-state index is -4.77. The molecule has 8 nitrogen and oxygen atoms in total. The van der Waals surface area contributed by atoms with E-state index in [1.54, 1.807) is 12.3 Å². The first-order chi connectivity index (χ1) is 20.7. The van der Waals surface area contributed by atoms with Gasteiger partial charge in [0.2, 0.25) is 0 Å². The minimum Gasteiger partial charge on any atom is -0.404 e. The molecule has 2 aromatic carbocycles. The summed E-state index contributed by atoms with van der Waals surface area (Å²) in [5, 5.41) is 13.3. The molecule has 2 aromatic heterocycles. The Morgan fingerprint density at radius 2 is 1.91 bits per heavy atom. The van der Waals surface area contributed by atoms with Crippen LogP contribution >= 0.6 is 21.0 Å². The molecule has 2 atom stereocenters. The van der Waals surface area contributed by atoms with E-state index in [4.69, 9.17) is 22.1 Å². The Morgan fingerprint density at radius 1 is 1.07 bits per heavy atom. The summed E-state index contributed by atoms with van der Waals surface area (Å²) in [6.45, 7) is 4.30. The van der Waals surface area contributed by atoms with Crippen molar-refractivity contribution < 1.29 is 17.9 Å². The Hall–Kier alpha value is -3.40. The van der Waals surface area contributed by atoms with Crippen LogP contribution in [0.4, 0.5) is 19.0 Å². The molecule has 0 saturated heterocycles. The maximum Gasteiger partial charge on any atom is 0.573 e. The van der Waals surface area contributed by atoms with E-state index in [0.29, 0.717) is 18.3 Å². The lowest BCUT2D eigenvalue weighted by Crippen LogP contribution is -2.18. The van der Waals surface area contributed by atoms with Crippen LogP contribution in [-0.2, 0) is 6.54 Å². The number of ether oxygens (including phenoxy) is 1. The summed E-state index contributed by atoms with van der Waals surface area (Å²) < 4.78 is 45.2. The summed E-state index contributed by atoms with van der Waals surface area (Å²) in [5.74, 6) is 1.27. The van der Waals surface area contributed by atoms with Crippen molar-refractivity contribution in [3.05, 3.63) is 71.0 Å². The normalized spacial score (nSPS) is 12.9. The van der Waals surface area contributed by atoms with Gasteiger partial charge < -0.3 is 15.4 Å². The van der Waals surface area contributed by atoms with E-state index >= 15 is 0 Å². The van der Waals surface area contributed by atoms with Crippen molar-refractivity contribution in [3.63, 3.8) is 0 Å². The van der Waals surface area contributed by atoms with E-state index in [2.05, 4.69) is 46.5 Å². The average Bonchev–Trinajstić information content (AvgIpc) is 2.99. The SMILES string of the molecule is CCC(CCCCNCc1ccc(OC(F)(F)F)c(Cl)c1)CCNc1nc2cc(C(N=N)=NP)ccc2c2cnccc12. The topological polar surface area (TPSA) is 108 Å². The molecule has 0 fully saturated rings. The molecule has 0 bridgehead atoms. The lowest BCUT2D eigenvalue weighted by atomic mass is 9.95. The number of hydrogen-bond donors (Lipinski definition) is 3. The van der Waals surface area contributed by atoms with Crippen LogP contribution in [0.2, 0.25) is 5.02 Å². The standard InChI is InChI=1S/C30H34ClF3N7OP/c1-2-19(5-3-4-12-36-17-20-6-9-27(25(31)15-20)42-30(32,33)34)10-14-38-29-23-11-13-37-18-24(23)22-8-7-21(16-26(22)39-29)28(40-35)41-43/h6-9,11,13,15-16,18-19,35-36H,2-5,10,12,14,17,43H2,1H3,(H,38,39). The number of unbranched alkanes of at least 4 members (excludes halogenated alkanes) is 1. The maximum atomic E-state index is 12.4. The van der Waals surface area contributed by atoms with Crippen molar-refractivity contribution >= 4 is 54.3 Å². The van der Waals surface area contributed by atoms with Gasteiger partial charge in [0.1, 0.15) is 11.6 Å². The highest BCUT2D eigenvalue weighted by Crippen LogP contribution is 2.31. The average molecular weight is 632 g/mol. The van der Waals surface area contributed by atoms with Crippen LogP contribution in [0.15, 0.2) is 64.7 Å². The molecule has 228 valence electrons. The number of halogens is 4. The first kappa shape index (κ1) is 32.5. The molecule has 4 aromatic rings. The first-order valence-electron chi connectivity index (χ1n) is 14.0. The fraction of sp³-hybridized carbons (Fsp3) is 0.367. The van der Waals surface area contributed by atoms with Crippen molar-refractivity contribution in [2.45, 2.75) is 51.9 Å². The molecule has 4 rings (SSSR count). The zero-order valence-corrected chi connectivity index (χ0v) is 25.6. The molecular formula is C30H34ClF3N7OP. The third-order valence-corrected chi connectivity index (χ3v) is 7.81. The van der Waals surface area contributed by atoms with E-state index in [-0.39, 0.29) is 5.02 Å². The zero-order valence-electron chi connectivity index (χ0n) is 23.7. The Morgan fingerprint density at radius 3 is 2.63 bits per heavy atom. The van der Waals surface area contributed by atoms with Gasteiger partial charge in [-0.25, -0.2) is 15.3 Å². The van der Waals surface area contributed by atoms with Crippen molar-refractivity contribution in [2.24, 2.45) is 15.8 Å². The highest BCUT2D eigenvalue weighted by molar-refractivity contribution is 7.15. The lowest BCUT2D eigenvalue weighted by Gasteiger charge is -2.17. The Kier molecular flexibility index (Phi) is 11.6. The lowest BCUT2D eigenvalue weighted by molar-refractivity contribution is -0.274. The Labute approximate surface area is 255 Å². The van der Waals surface area contributed by atoms with Gasteiger partial charge in [-0.05, 0) is 64.5 Å². The van der Waals surface area contributed by atoms with Gasteiger partial charge in [0, 0.05) is 47.2 Å². The van der Waals surface area contributed by atoms with E-state index in [1.165, 1.54) is 12.1 Å². The van der Waals surface area contributed by atoms with Crippen molar-refractivity contribution in [1.82, 2.24) is 15.3 Å². The highest BCUT2D eigenvalue weighted by Gasteiger charge is 2.32. The van der Waals surface area contributed by atoms with E-state index < -0.39 is 12.1 Å². The third-order valence-electron chi connectivity index (χ3n) is 7.27. The second-order valence-corrected chi connectivity index (χ2v) is 10.8. The van der Waals surface area contributed by atoms with Gasteiger partial charge in [0.15, 0.2) is 5.84 Å². The minimum absolute atomic E-state index is 0.0660. The number of nitrogens with one attached hydrogen (secondary N) is 3. The van der Waals surface area contributed by atoms with Gasteiger partial charge >= 0.3 is 6.36 Å². The molecule has 0 aliphatic rings. The zero-order chi connectivity index (χ0) is 30.8. The van der Waals surface area contributed by atoms with Gasteiger partial charge in [-0.15, -0.1) is 18.3 Å². The second kappa shape index (κ2) is 15.4. The van der Waals surface area contributed by atoms with Crippen molar-refractivity contribution in [1.29, 1.82) is 5.53 Å². The van der Waals surface area contributed by atoms with Crippen molar-refractivity contribution in [3.8, 4) is 5.75 Å². The summed E-state index contributed by atoms with van der Waals surface area (Å²) in [6, 6.07) is 12.0. The van der Waals surface area contributed by atoms with Gasteiger partial charge in [0.05, 0.1) is 10.5 Å². The van der Waals surface area contributed by atoms with Crippen LogP contribution in [-0.4, -0.2) is 35.3 Å². The first-order valence-corrected chi connectivity index (χ1v) is 14.9. The maximum absolute atomic E-state index is 12.4. The van der Waals surface area contributed by atoms with Crippen LogP contribution in [0.25, 0.3) is 21.7 Å². The fourth-order valence-corrected chi connectivity index (χ4v) is 5.46. The van der Waals surface area contributed by atoms with Crippen LogP contribution in [0.3, 0.4) is 0 Å². The fourth-order valence-electron chi connectivity index (χ4n) is 5.01. The number of aromatic nitrogens is 2. The van der Waals surface area contributed by atoms with E-state index in [9.17, 15) is 13.2 Å². The molecule has 43 heavy (non-hydrogen) atoms. The van der Waals surface area contributed by atoms with Gasteiger partial charge in [-0.2, -0.15) is 0 Å². The largest absolute Gasteiger partial charge is 0.573 e. The molecule has 13 heteroatoms. The molecule has 0 aliphatic heterocycles. The van der Waals surface area contributed by atoms with Crippen LogP contribution in [0, 0.1) is 11.4 Å². The predicted molar refractivity (Wildman–Crippen MR) is 169 cm³/mol.